The van der Waals surface area contributed by atoms with Crippen LogP contribution in [0.4, 0.5) is 0 Å². The lowest BCUT2D eigenvalue weighted by Crippen LogP contribution is -2.41. The van der Waals surface area contributed by atoms with E-state index in [1.807, 2.05) is 39.1 Å². The lowest BCUT2D eigenvalue weighted by molar-refractivity contribution is 0.0344. The Labute approximate surface area is 103 Å². The summed E-state index contributed by atoms with van der Waals surface area (Å²) in [5.41, 5.74) is 0.634. The van der Waals surface area contributed by atoms with Gasteiger partial charge in [0.15, 0.2) is 0 Å². The molecule has 1 N–H and O–H groups in total. The SMILES string of the molecule is CN(CC1Cc2ccccc2O1)CC(C)(C)O. The summed E-state index contributed by atoms with van der Waals surface area (Å²) in [5.74, 6) is 1.01. The normalized spacial score (nSPS) is 19.2. The number of ether oxygens (including phenoxy) is 1. The lowest BCUT2D eigenvalue weighted by Gasteiger charge is -2.27. The van der Waals surface area contributed by atoms with Crippen LogP contribution >= 0.6 is 0 Å². The van der Waals surface area contributed by atoms with Crippen LogP contribution in [-0.2, 0) is 6.42 Å². The molecule has 0 spiro atoms. The van der Waals surface area contributed by atoms with Gasteiger partial charge in [0.25, 0.3) is 0 Å². The average molecular weight is 235 g/mol. The highest BCUT2D eigenvalue weighted by Gasteiger charge is 2.25. The summed E-state index contributed by atoms with van der Waals surface area (Å²) in [6.07, 6.45) is 1.17. The predicted molar refractivity (Wildman–Crippen MR) is 68.4 cm³/mol. The van der Waals surface area contributed by atoms with Gasteiger partial charge in [-0.25, -0.2) is 0 Å². The van der Waals surface area contributed by atoms with E-state index in [-0.39, 0.29) is 6.10 Å². The molecule has 0 aliphatic carbocycles. The molecule has 1 aromatic rings. The van der Waals surface area contributed by atoms with Crippen molar-refractivity contribution in [1.29, 1.82) is 0 Å². The van der Waals surface area contributed by atoms with Gasteiger partial charge in [-0.3, -0.25) is 4.90 Å². The Morgan fingerprint density at radius 2 is 2.12 bits per heavy atom. The quantitative estimate of drug-likeness (QED) is 0.862. The van der Waals surface area contributed by atoms with E-state index < -0.39 is 5.60 Å². The molecule has 2 rings (SSSR count). The Morgan fingerprint density at radius 3 is 2.76 bits per heavy atom. The number of aliphatic hydroxyl groups is 1. The van der Waals surface area contributed by atoms with Gasteiger partial charge in [0.1, 0.15) is 11.9 Å². The molecular formula is C14H21NO2. The zero-order chi connectivity index (χ0) is 12.5. The maximum Gasteiger partial charge on any atom is 0.123 e. The summed E-state index contributed by atoms with van der Waals surface area (Å²) in [7, 11) is 2.02. The largest absolute Gasteiger partial charge is 0.488 e. The first kappa shape index (κ1) is 12.4. The molecule has 1 atom stereocenters. The molecule has 0 aromatic heterocycles. The van der Waals surface area contributed by atoms with Crippen molar-refractivity contribution in [2.24, 2.45) is 0 Å². The van der Waals surface area contributed by atoms with E-state index in [4.69, 9.17) is 4.74 Å². The Kier molecular flexibility index (Phi) is 3.40. The fraction of sp³-hybridized carbons (Fsp3) is 0.571. The molecule has 0 radical (unpaired) electrons. The monoisotopic (exact) mass is 235 g/mol. The molecule has 0 amide bonds. The number of hydrogen-bond acceptors (Lipinski definition) is 3. The van der Waals surface area contributed by atoms with Gasteiger partial charge in [-0.2, -0.15) is 0 Å². The highest BCUT2D eigenvalue weighted by Crippen LogP contribution is 2.28. The highest BCUT2D eigenvalue weighted by atomic mass is 16.5. The van der Waals surface area contributed by atoms with E-state index >= 15 is 0 Å². The zero-order valence-corrected chi connectivity index (χ0v) is 10.8. The molecule has 1 unspecified atom stereocenters. The minimum atomic E-state index is -0.653. The summed E-state index contributed by atoms with van der Waals surface area (Å²) < 4.78 is 5.87. The first-order valence-electron chi connectivity index (χ1n) is 6.09. The van der Waals surface area contributed by atoms with E-state index in [0.717, 1.165) is 18.7 Å². The third-order valence-electron chi connectivity index (χ3n) is 2.89. The maximum atomic E-state index is 9.75. The Hall–Kier alpha value is -1.06. The first-order chi connectivity index (χ1) is 7.94. The summed E-state index contributed by atoms with van der Waals surface area (Å²) in [5, 5.41) is 9.75. The second-order valence-corrected chi connectivity index (χ2v) is 5.56. The van der Waals surface area contributed by atoms with Crippen LogP contribution in [0, 0.1) is 0 Å². The lowest BCUT2D eigenvalue weighted by atomic mass is 10.1. The van der Waals surface area contributed by atoms with Gasteiger partial charge in [0.05, 0.1) is 5.60 Å². The summed E-state index contributed by atoms with van der Waals surface area (Å²) in [6, 6.07) is 8.18. The third kappa shape index (κ3) is 3.45. The van der Waals surface area contributed by atoms with Crippen molar-refractivity contribution >= 4 is 0 Å². The average Bonchev–Trinajstić information content (AvgIpc) is 2.55. The van der Waals surface area contributed by atoms with Crippen molar-refractivity contribution in [1.82, 2.24) is 4.90 Å². The molecule has 0 fully saturated rings. The highest BCUT2D eigenvalue weighted by molar-refractivity contribution is 5.37. The van der Waals surface area contributed by atoms with Crippen LogP contribution in [-0.4, -0.2) is 41.8 Å². The molecule has 17 heavy (non-hydrogen) atoms. The molecular weight excluding hydrogens is 214 g/mol. The van der Waals surface area contributed by atoms with E-state index in [0.29, 0.717) is 6.54 Å². The molecule has 1 aliphatic rings. The van der Waals surface area contributed by atoms with Crippen molar-refractivity contribution in [2.75, 3.05) is 20.1 Å². The molecule has 0 saturated heterocycles. The second kappa shape index (κ2) is 4.67. The van der Waals surface area contributed by atoms with E-state index in [2.05, 4.69) is 11.0 Å². The van der Waals surface area contributed by atoms with Crippen molar-refractivity contribution in [3.8, 4) is 5.75 Å². The number of fused-ring (bicyclic) bond motifs is 1. The number of benzene rings is 1. The maximum absolute atomic E-state index is 9.75. The number of hydrogen-bond donors (Lipinski definition) is 1. The molecule has 1 aromatic carbocycles. The number of likely N-dealkylation sites (N-methyl/N-ethyl adjacent to an activating group) is 1. The Balaban J connectivity index is 1.87. The van der Waals surface area contributed by atoms with Gasteiger partial charge in [-0.1, -0.05) is 18.2 Å². The second-order valence-electron chi connectivity index (χ2n) is 5.56. The van der Waals surface area contributed by atoms with Crippen molar-refractivity contribution < 1.29 is 9.84 Å². The van der Waals surface area contributed by atoms with Crippen LogP contribution in [0.1, 0.15) is 19.4 Å². The standard InChI is InChI=1S/C14H21NO2/c1-14(2,16)10-15(3)9-12-8-11-6-4-5-7-13(11)17-12/h4-7,12,16H,8-10H2,1-3H3. The molecule has 1 aliphatic heterocycles. The number of nitrogens with zero attached hydrogens (tertiary/aromatic N) is 1. The van der Waals surface area contributed by atoms with Gasteiger partial charge in [-0.15, -0.1) is 0 Å². The van der Waals surface area contributed by atoms with Gasteiger partial charge < -0.3 is 9.84 Å². The van der Waals surface area contributed by atoms with Crippen molar-refractivity contribution in [2.45, 2.75) is 32.0 Å². The van der Waals surface area contributed by atoms with Crippen LogP contribution in [0.5, 0.6) is 5.75 Å². The molecule has 1 heterocycles. The minimum Gasteiger partial charge on any atom is -0.488 e. The fourth-order valence-electron chi connectivity index (χ4n) is 2.43. The predicted octanol–water partition coefficient (Wildman–Crippen LogP) is 1.69. The molecule has 3 nitrogen and oxygen atoms in total. The van der Waals surface area contributed by atoms with Crippen LogP contribution in [0.15, 0.2) is 24.3 Å². The number of rotatable bonds is 4. The minimum absolute atomic E-state index is 0.208. The Morgan fingerprint density at radius 1 is 1.41 bits per heavy atom. The Bertz CT molecular complexity index is 359. The summed E-state index contributed by atoms with van der Waals surface area (Å²) >= 11 is 0. The topological polar surface area (TPSA) is 32.7 Å². The van der Waals surface area contributed by atoms with Gasteiger partial charge in [0.2, 0.25) is 0 Å². The van der Waals surface area contributed by atoms with Crippen LogP contribution < -0.4 is 4.74 Å². The van der Waals surface area contributed by atoms with E-state index in [1.54, 1.807) is 0 Å². The molecule has 0 saturated carbocycles. The summed E-state index contributed by atoms with van der Waals surface area (Å²) in [4.78, 5) is 2.12. The van der Waals surface area contributed by atoms with Crippen LogP contribution in [0.25, 0.3) is 0 Å². The van der Waals surface area contributed by atoms with E-state index in [1.165, 1.54) is 5.56 Å². The van der Waals surface area contributed by atoms with Crippen LogP contribution in [0.3, 0.4) is 0 Å². The first-order valence-corrected chi connectivity index (χ1v) is 6.09. The molecule has 94 valence electrons. The van der Waals surface area contributed by atoms with Crippen molar-refractivity contribution in [3.05, 3.63) is 29.8 Å². The van der Waals surface area contributed by atoms with E-state index in [9.17, 15) is 5.11 Å². The van der Waals surface area contributed by atoms with Gasteiger partial charge in [0, 0.05) is 19.5 Å². The summed E-state index contributed by atoms with van der Waals surface area (Å²) in [6.45, 7) is 5.16. The molecule has 0 bridgehead atoms. The van der Waals surface area contributed by atoms with Crippen molar-refractivity contribution in [3.63, 3.8) is 0 Å². The molecule has 3 heteroatoms. The smallest absolute Gasteiger partial charge is 0.123 e. The third-order valence-corrected chi connectivity index (χ3v) is 2.89. The van der Waals surface area contributed by atoms with Crippen LogP contribution in [0.2, 0.25) is 0 Å². The van der Waals surface area contributed by atoms with Gasteiger partial charge >= 0.3 is 0 Å². The zero-order valence-electron chi connectivity index (χ0n) is 10.8. The fourth-order valence-corrected chi connectivity index (χ4v) is 2.43. The van der Waals surface area contributed by atoms with Gasteiger partial charge in [-0.05, 0) is 32.5 Å². The number of para-hydroxylation sites is 1.